The van der Waals surface area contributed by atoms with Crippen molar-refractivity contribution < 1.29 is 0 Å². The maximum Gasteiger partial charge on any atom is 0.155 e. The van der Waals surface area contributed by atoms with E-state index in [2.05, 4.69) is 35.2 Å². The van der Waals surface area contributed by atoms with E-state index in [4.69, 9.17) is 6.42 Å². The van der Waals surface area contributed by atoms with E-state index in [9.17, 15) is 0 Å². The molecule has 2 aromatic heterocycles. The van der Waals surface area contributed by atoms with E-state index in [1.165, 1.54) is 0 Å². The number of rotatable bonds is 4. The van der Waals surface area contributed by atoms with Crippen LogP contribution in [0.4, 0.5) is 0 Å². The van der Waals surface area contributed by atoms with Crippen molar-refractivity contribution in [2.75, 3.05) is 6.54 Å². The van der Waals surface area contributed by atoms with Crippen LogP contribution in [0.3, 0.4) is 0 Å². The van der Waals surface area contributed by atoms with Gasteiger partial charge in [0.25, 0.3) is 0 Å². The van der Waals surface area contributed by atoms with E-state index < -0.39 is 0 Å². The second kappa shape index (κ2) is 5.19. The summed E-state index contributed by atoms with van der Waals surface area (Å²) >= 11 is 0. The molecule has 0 saturated carbocycles. The molecule has 0 radical (unpaired) electrons. The van der Waals surface area contributed by atoms with Gasteiger partial charge in [-0.15, -0.1) is 12.3 Å². The maximum absolute atomic E-state index is 5.24. The van der Waals surface area contributed by atoms with E-state index in [-0.39, 0.29) is 6.04 Å². The molecular weight excluding hydrogens is 224 g/mol. The Morgan fingerprint density at radius 1 is 1.50 bits per heavy atom. The van der Waals surface area contributed by atoms with E-state index in [1.54, 1.807) is 0 Å². The number of terminal acetylenes is 1. The normalized spacial score (nSPS) is 12.6. The molecule has 1 unspecified atom stereocenters. The Bertz CT molecular complexity index is 592. The molecule has 0 saturated heterocycles. The molecule has 0 aliphatic rings. The Kier molecular flexibility index (Phi) is 3.63. The van der Waals surface area contributed by atoms with Crippen molar-refractivity contribution in [1.82, 2.24) is 19.9 Å². The summed E-state index contributed by atoms with van der Waals surface area (Å²) in [5.41, 5.74) is 4.15. The number of nitrogens with zero attached hydrogens (tertiary/aromatic N) is 3. The van der Waals surface area contributed by atoms with Gasteiger partial charge in [0.05, 0.1) is 5.69 Å². The van der Waals surface area contributed by atoms with Gasteiger partial charge < -0.3 is 5.32 Å². The lowest BCUT2D eigenvalue weighted by molar-refractivity contribution is 0.574. The van der Waals surface area contributed by atoms with Crippen LogP contribution in [0, 0.1) is 26.2 Å². The Morgan fingerprint density at radius 3 is 3.00 bits per heavy atom. The van der Waals surface area contributed by atoms with Crippen molar-refractivity contribution in [1.29, 1.82) is 0 Å². The first kappa shape index (κ1) is 12.6. The number of aromatic nitrogens is 3. The Balaban J connectivity index is 2.28. The van der Waals surface area contributed by atoms with Crippen molar-refractivity contribution in [2.24, 2.45) is 0 Å². The third kappa shape index (κ3) is 2.36. The zero-order chi connectivity index (χ0) is 13.1. The first-order valence-corrected chi connectivity index (χ1v) is 6.12. The number of aryl methyl sites for hydroxylation is 2. The number of nitrogens with one attached hydrogen (secondary N) is 1. The number of hydrogen-bond acceptors (Lipinski definition) is 3. The van der Waals surface area contributed by atoms with Gasteiger partial charge in [0.2, 0.25) is 0 Å². The molecule has 94 valence electrons. The summed E-state index contributed by atoms with van der Waals surface area (Å²) in [7, 11) is 0. The third-order valence-corrected chi connectivity index (χ3v) is 3.07. The summed E-state index contributed by atoms with van der Waals surface area (Å²) in [6, 6.07) is 2.20. The molecule has 18 heavy (non-hydrogen) atoms. The molecule has 2 heterocycles. The van der Waals surface area contributed by atoms with Gasteiger partial charge in [0.1, 0.15) is 0 Å². The highest BCUT2D eigenvalue weighted by molar-refractivity contribution is 5.42. The predicted molar refractivity (Wildman–Crippen MR) is 72.3 cm³/mol. The van der Waals surface area contributed by atoms with Crippen molar-refractivity contribution in [3.05, 3.63) is 29.2 Å². The molecular formula is C14H18N4. The van der Waals surface area contributed by atoms with Crippen LogP contribution in [0.25, 0.3) is 5.65 Å². The van der Waals surface area contributed by atoms with Crippen molar-refractivity contribution >= 4 is 5.65 Å². The van der Waals surface area contributed by atoms with Crippen molar-refractivity contribution in [3.63, 3.8) is 0 Å². The maximum atomic E-state index is 5.24. The Labute approximate surface area is 107 Å². The standard InChI is InChI=1S/C14H18N4/c1-5-6-7-15-11(3)13-9-16-14-8-10(2)17-18(14)12(13)4/h1,8-9,11,15H,6-7H2,2-4H3. The lowest BCUT2D eigenvalue weighted by Gasteiger charge is -2.15. The van der Waals surface area contributed by atoms with Gasteiger partial charge in [-0.25, -0.2) is 9.50 Å². The lowest BCUT2D eigenvalue weighted by Crippen LogP contribution is -2.21. The average molecular weight is 242 g/mol. The highest BCUT2D eigenvalue weighted by Crippen LogP contribution is 2.17. The van der Waals surface area contributed by atoms with Crippen LogP contribution in [-0.4, -0.2) is 21.1 Å². The van der Waals surface area contributed by atoms with Crippen LogP contribution in [-0.2, 0) is 0 Å². The van der Waals surface area contributed by atoms with Crippen LogP contribution >= 0.6 is 0 Å². The average Bonchev–Trinajstić information content (AvgIpc) is 2.71. The smallest absolute Gasteiger partial charge is 0.155 e. The minimum Gasteiger partial charge on any atom is -0.309 e. The molecule has 4 heteroatoms. The molecule has 2 aromatic rings. The molecule has 1 atom stereocenters. The van der Waals surface area contributed by atoms with Crippen LogP contribution in [0.2, 0.25) is 0 Å². The summed E-state index contributed by atoms with van der Waals surface area (Å²) in [6.07, 6.45) is 7.90. The van der Waals surface area contributed by atoms with Crippen molar-refractivity contribution in [3.8, 4) is 12.3 Å². The molecule has 4 nitrogen and oxygen atoms in total. The second-order valence-corrected chi connectivity index (χ2v) is 4.48. The van der Waals surface area contributed by atoms with Crippen LogP contribution < -0.4 is 5.32 Å². The molecule has 0 aliphatic heterocycles. The second-order valence-electron chi connectivity index (χ2n) is 4.48. The predicted octanol–water partition coefficient (Wildman–Crippen LogP) is 2.02. The summed E-state index contributed by atoms with van der Waals surface area (Å²) in [4.78, 5) is 4.43. The third-order valence-electron chi connectivity index (χ3n) is 3.07. The minimum atomic E-state index is 0.222. The summed E-state index contributed by atoms with van der Waals surface area (Å²) < 4.78 is 1.89. The van der Waals surface area contributed by atoms with E-state index in [0.717, 1.165) is 35.6 Å². The molecule has 0 aromatic carbocycles. The van der Waals surface area contributed by atoms with E-state index >= 15 is 0 Å². The van der Waals surface area contributed by atoms with Crippen LogP contribution in [0.15, 0.2) is 12.3 Å². The minimum absolute atomic E-state index is 0.222. The van der Waals surface area contributed by atoms with Crippen molar-refractivity contribution in [2.45, 2.75) is 33.2 Å². The van der Waals surface area contributed by atoms with Gasteiger partial charge in [-0.05, 0) is 20.8 Å². The first-order chi connectivity index (χ1) is 8.63. The molecule has 0 aliphatic carbocycles. The zero-order valence-corrected chi connectivity index (χ0v) is 11.1. The van der Waals surface area contributed by atoms with E-state index in [0.29, 0.717) is 0 Å². The van der Waals surface area contributed by atoms with Gasteiger partial charge in [0, 0.05) is 42.5 Å². The van der Waals surface area contributed by atoms with Gasteiger partial charge in [-0.3, -0.25) is 0 Å². The summed E-state index contributed by atoms with van der Waals surface area (Å²) in [5.74, 6) is 2.63. The molecule has 1 N–H and O–H groups in total. The van der Waals surface area contributed by atoms with Gasteiger partial charge in [-0.1, -0.05) is 0 Å². The van der Waals surface area contributed by atoms with Crippen LogP contribution in [0.1, 0.15) is 36.3 Å². The van der Waals surface area contributed by atoms with Gasteiger partial charge in [-0.2, -0.15) is 5.10 Å². The zero-order valence-electron chi connectivity index (χ0n) is 11.1. The van der Waals surface area contributed by atoms with Crippen LogP contribution in [0.5, 0.6) is 0 Å². The number of hydrogen-bond donors (Lipinski definition) is 1. The highest BCUT2D eigenvalue weighted by atomic mass is 15.3. The first-order valence-electron chi connectivity index (χ1n) is 6.12. The molecule has 0 amide bonds. The number of fused-ring (bicyclic) bond motifs is 1. The molecule has 0 spiro atoms. The van der Waals surface area contributed by atoms with Gasteiger partial charge in [0.15, 0.2) is 5.65 Å². The lowest BCUT2D eigenvalue weighted by atomic mass is 10.1. The highest BCUT2D eigenvalue weighted by Gasteiger charge is 2.12. The SMILES string of the molecule is C#CCCNC(C)c1cnc2cc(C)nn2c1C. The molecule has 0 fully saturated rings. The summed E-state index contributed by atoms with van der Waals surface area (Å²) in [5, 5.41) is 7.83. The topological polar surface area (TPSA) is 42.2 Å². The largest absolute Gasteiger partial charge is 0.309 e. The quantitative estimate of drug-likeness (QED) is 0.659. The van der Waals surface area contributed by atoms with Gasteiger partial charge >= 0.3 is 0 Å². The molecule has 0 bridgehead atoms. The monoisotopic (exact) mass is 242 g/mol. The Hall–Kier alpha value is -1.86. The van der Waals surface area contributed by atoms with E-state index in [1.807, 2.05) is 23.7 Å². The summed E-state index contributed by atoms with van der Waals surface area (Å²) in [6.45, 7) is 6.97. The molecule has 2 rings (SSSR count). The fourth-order valence-electron chi connectivity index (χ4n) is 2.07. The Morgan fingerprint density at radius 2 is 2.28 bits per heavy atom. The fraction of sp³-hybridized carbons (Fsp3) is 0.429. The fourth-order valence-corrected chi connectivity index (χ4v) is 2.07.